The number of nitrogens with one attached hydrogen (secondary N) is 1. The third kappa shape index (κ3) is 4.61. The van der Waals surface area contributed by atoms with Gasteiger partial charge in [0.25, 0.3) is 0 Å². The van der Waals surface area contributed by atoms with E-state index in [1.807, 2.05) is 6.92 Å². The molecule has 0 bridgehead atoms. The minimum Gasteiger partial charge on any atom is -0.481 e. The van der Waals surface area contributed by atoms with Crippen LogP contribution < -0.4 is 5.32 Å². The van der Waals surface area contributed by atoms with E-state index < -0.39 is 5.97 Å². The lowest BCUT2D eigenvalue weighted by atomic mass is 10.3. The van der Waals surface area contributed by atoms with Crippen molar-refractivity contribution in [2.45, 2.75) is 38.6 Å². The molecular formula is C11H20N2O3. The van der Waals surface area contributed by atoms with Crippen molar-refractivity contribution in [1.29, 1.82) is 0 Å². The summed E-state index contributed by atoms with van der Waals surface area (Å²) in [5.41, 5.74) is 0. The lowest BCUT2D eigenvalue weighted by Crippen LogP contribution is -2.36. The Kier molecular flexibility index (Phi) is 5.25. The van der Waals surface area contributed by atoms with Crippen molar-refractivity contribution in [3.63, 3.8) is 0 Å². The van der Waals surface area contributed by atoms with Gasteiger partial charge in [0, 0.05) is 25.6 Å². The van der Waals surface area contributed by atoms with Crippen molar-refractivity contribution in [3.05, 3.63) is 0 Å². The van der Waals surface area contributed by atoms with Gasteiger partial charge < -0.3 is 15.3 Å². The van der Waals surface area contributed by atoms with Crippen LogP contribution in [-0.4, -0.2) is 47.6 Å². The van der Waals surface area contributed by atoms with E-state index in [0.29, 0.717) is 25.6 Å². The summed E-state index contributed by atoms with van der Waals surface area (Å²) in [6, 6.07) is 0.300. The summed E-state index contributed by atoms with van der Waals surface area (Å²) in [6.45, 7) is 3.87. The van der Waals surface area contributed by atoms with E-state index >= 15 is 0 Å². The second-order valence-corrected chi connectivity index (χ2v) is 4.07. The molecule has 1 fully saturated rings. The predicted molar refractivity (Wildman–Crippen MR) is 60.1 cm³/mol. The largest absolute Gasteiger partial charge is 0.481 e. The van der Waals surface area contributed by atoms with Crippen molar-refractivity contribution >= 4 is 11.9 Å². The molecule has 0 aromatic heterocycles. The van der Waals surface area contributed by atoms with Crippen molar-refractivity contribution in [3.8, 4) is 0 Å². The lowest BCUT2D eigenvalue weighted by Gasteiger charge is -2.21. The number of amides is 1. The molecule has 16 heavy (non-hydrogen) atoms. The van der Waals surface area contributed by atoms with Gasteiger partial charge in [-0.1, -0.05) is 6.92 Å². The molecular weight excluding hydrogens is 208 g/mol. The highest BCUT2D eigenvalue weighted by Gasteiger charge is 2.32. The topological polar surface area (TPSA) is 69.6 Å². The first kappa shape index (κ1) is 13.0. The van der Waals surface area contributed by atoms with Crippen LogP contribution in [0.2, 0.25) is 0 Å². The molecule has 5 heteroatoms. The van der Waals surface area contributed by atoms with Crippen LogP contribution in [0.1, 0.15) is 32.6 Å². The fourth-order valence-electron chi connectivity index (χ4n) is 1.63. The number of carbonyl (C=O) groups excluding carboxylic acids is 1. The monoisotopic (exact) mass is 228 g/mol. The number of carboxylic acid groups (broad SMARTS) is 1. The standard InChI is InChI=1S/C11H20N2O3/c1-2-12-7-5-10(14)13(9-3-4-9)8-6-11(15)16/h9,12H,2-8H2,1H3,(H,15,16). The zero-order valence-electron chi connectivity index (χ0n) is 9.74. The number of carbonyl (C=O) groups is 2. The molecule has 0 radical (unpaired) electrons. The Morgan fingerprint density at radius 2 is 2.06 bits per heavy atom. The Hall–Kier alpha value is -1.10. The van der Waals surface area contributed by atoms with Crippen LogP contribution in [-0.2, 0) is 9.59 Å². The van der Waals surface area contributed by atoms with Gasteiger partial charge in [-0.25, -0.2) is 0 Å². The zero-order chi connectivity index (χ0) is 12.0. The normalized spacial score (nSPS) is 14.8. The molecule has 1 aliphatic rings. The first-order valence-electron chi connectivity index (χ1n) is 5.87. The highest BCUT2D eigenvalue weighted by Crippen LogP contribution is 2.27. The van der Waals surface area contributed by atoms with Gasteiger partial charge in [0.1, 0.15) is 0 Å². The summed E-state index contributed by atoms with van der Waals surface area (Å²) in [7, 11) is 0. The van der Waals surface area contributed by atoms with Crippen LogP contribution >= 0.6 is 0 Å². The van der Waals surface area contributed by atoms with Gasteiger partial charge in [0.2, 0.25) is 5.91 Å². The van der Waals surface area contributed by atoms with Gasteiger partial charge in [-0.15, -0.1) is 0 Å². The van der Waals surface area contributed by atoms with Crippen LogP contribution in [0, 0.1) is 0 Å². The van der Waals surface area contributed by atoms with Crippen LogP contribution in [0.5, 0.6) is 0 Å². The zero-order valence-corrected chi connectivity index (χ0v) is 9.74. The Morgan fingerprint density at radius 1 is 1.38 bits per heavy atom. The predicted octanol–water partition coefficient (Wildman–Crippen LogP) is 0.452. The summed E-state index contributed by atoms with van der Waals surface area (Å²) in [4.78, 5) is 24.0. The molecule has 2 N–H and O–H groups in total. The molecule has 0 saturated heterocycles. The summed E-state index contributed by atoms with van der Waals surface area (Å²) in [5.74, 6) is -0.769. The Balaban J connectivity index is 2.30. The molecule has 1 amide bonds. The molecule has 92 valence electrons. The summed E-state index contributed by atoms with van der Waals surface area (Å²) >= 11 is 0. The van der Waals surface area contributed by atoms with Gasteiger partial charge in [0.15, 0.2) is 0 Å². The SMILES string of the molecule is CCNCCC(=O)N(CCC(=O)O)C1CC1. The van der Waals surface area contributed by atoms with E-state index in [1.165, 1.54) is 0 Å². The Labute approximate surface area is 95.8 Å². The number of carboxylic acids is 1. The molecule has 0 aliphatic heterocycles. The summed E-state index contributed by atoms with van der Waals surface area (Å²) in [6.07, 6.45) is 2.55. The highest BCUT2D eigenvalue weighted by atomic mass is 16.4. The van der Waals surface area contributed by atoms with Crippen LogP contribution in [0.4, 0.5) is 0 Å². The Bertz CT molecular complexity index is 252. The first-order valence-corrected chi connectivity index (χ1v) is 5.87. The summed E-state index contributed by atoms with van der Waals surface area (Å²) in [5, 5.41) is 11.7. The molecule has 0 aromatic rings. The molecule has 0 unspecified atom stereocenters. The number of hydrogen-bond acceptors (Lipinski definition) is 3. The Morgan fingerprint density at radius 3 is 2.56 bits per heavy atom. The number of hydrogen-bond donors (Lipinski definition) is 2. The van der Waals surface area contributed by atoms with E-state index in [4.69, 9.17) is 5.11 Å². The van der Waals surface area contributed by atoms with Crippen molar-refractivity contribution in [2.24, 2.45) is 0 Å². The summed E-state index contributed by atoms with van der Waals surface area (Å²) < 4.78 is 0. The van der Waals surface area contributed by atoms with E-state index in [-0.39, 0.29) is 12.3 Å². The van der Waals surface area contributed by atoms with Crippen molar-refractivity contribution in [1.82, 2.24) is 10.2 Å². The maximum absolute atomic E-state index is 11.8. The average Bonchev–Trinajstić information content (AvgIpc) is 3.02. The quantitative estimate of drug-likeness (QED) is 0.592. The number of rotatable bonds is 8. The van der Waals surface area contributed by atoms with Gasteiger partial charge in [-0.05, 0) is 19.4 Å². The van der Waals surface area contributed by atoms with Gasteiger partial charge in [-0.3, -0.25) is 9.59 Å². The van der Waals surface area contributed by atoms with Crippen molar-refractivity contribution < 1.29 is 14.7 Å². The van der Waals surface area contributed by atoms with Gasteiger partial charge in [0.05, 0.1) is 6.42 Å². The number of aliphatic carboxylic acids is 1. The number of nitrogens with zero attached hydrogens (tertiary/aromatic N) is 1. The second kappa shape index (κ2) is 6.48. The molecule has 1 rings (SSSR count). The second-order valence-electron chi connectivity index (χ2n) is 4.07. The van der Waals surface area contributed by atoms with Crippen LogP contribution in [0.15, 0.2) is 0 Å². The average molecular weight is 228 g/mol. The smallest absolute Gasteiger partial charge is 0.305 e. The van der Waals surface area contributed by atoms with Gasteiger partial charge >= 0.3 is 5.97 Å². The minimum absolute atomic E-state index is 0.0451. The van der Waals surface area contributed by atoms with E-state index in [1.54, 1.807) is 4.90 Å². The highest BCUT2D eigenvalue weighted by molar-refractivity contribution is 5.77. The maximum Gasteiger partial charge on any atom is 0.305 e. The third-order valence-corrected chi connectivity index (χ3v) is 2.64. The van der Waals surface area contributed by atoms with E-state index in [2.05, 4.69) is 5.32 Å². The fourth-order valence-corrected chi connectivity index (χ4v) is 1.63. The first-order chi connectivity index (χ1) is 7.65. The molecule has 1 saturated carbocycles. The molecule has 0 heterocycles. The maximum atomic E-state index is 11.8. The third-order valence-electron chi connectivity index (χ3n) is 2.64. The lowest BCUT2D eigenvalue weighted by molar-refractivity contribution is -0.138. The van der Waals surface area contributed by atoms with Crippen LogP contribution in [0.25, 0.3) is 0 Å². The molecule has 0 atom stereocenters. The van der Waals surface area contributed by atoms with E-state index in [9.17, 15) is 9.59 Å². The molecule has 5 nitrogen and oxygen atoms in total. The molecule has 0 spiro atoms. The van der Waals surface area contributed by atoms with E-state index in [0.717, 1.165) is 19.4 Å². The molecule has 1 aliphatic carbocycles. The minimum atomic E-state index is -0.842. The van der Waals surface area contributed by atoms with Gasteiger partial charge in [-0.2, -0.15) is 0 Å². The fraction of sp³-hybridized carbons (Fsp3) is 0.818. The van der Waals surface area contributed by atoms with Crippen LogP contribution in [0.3, 0.4) is 0 Å². The molecule has 0 aromatic carbocycles. The van der Waals surface area contributed by atoms with Crippen molar-refractivity contribution in [2.75, 3.05) is 19.6 Å².